The van der Waals surface area contributed by atoms with Crippen molar-refractivity contribution in [2.45, 2.75) is 51.9 Å². The van der Waals surface area contributed by atoms with Crippen LogP contribution in [-0.2, 0) is 5.41 Å². The minimum atomic E-state index is 0.127. The first kappa shape index (κ1) is 12.8. The van der Waals surface area contributed by atoms with Gasteiger partial charge < -0.3 is 0 Å². The van der Waals surface area contributed by atoms with E-state index in [4.69, 9.17) is 5.26 Å². The summed E-state index contributed by atoms with van der Waals surface area (Å²) >= 11 is 0. The molecule has 0 aliphatic rings. The normalized spacial score (nSPS) is 11.1. The first-order valence-corrected chi connectivity index (χ1v) is 6.02. The van der Waals surface area contributed by atoms with Gasteiger partial charge in [0.25, 0.3) is 0 Å². The van der Waals surface area contributed by atoms with E-state index < -0.39 is 0 Å². The summed E-state index contributed by atoms with van der Waals surface area (Å²) < 4.78 is 0. The zero-order valence-electron chi connectivity index (χ0n) is 10.5. The lowest BCUT2D eigenvalue weighted by Gasteiger charge is -2.25. The predicted molar refractivity (Wildman–Crippen MR) is 67.2 cm³/mol. The summed E-state index contributed by atoms with van der Waals surface area (Å²) in [5, 5.41) is 8.88. The topological polar surface area (TPSA) is 23.8 Å². The van der Waals surface area contributed by atoms with Crippen LogP contribution in [0.25, 0.3) is 0 Å². The molecule has 1 aromatic carbocycles. The molecule has 0 amide bonds. The molecule has 0 heterocycles. The van der Waals surface area contributed by atoms with E-state index >= 15 is 0 Å². The van der Waals surface area contributed by atoms with Crippen LogP contribution in [0.5, 0.6) is 0 Å². The van der Waals surface area contributed by atoms with E-state index in [0.29, 0.717) is 0 Å². The highest BCUT2D eigenvalue weighted by Crippen LogP contribution is 2.29. The molecule has 0 aliphatic heterocycles. The Labute approximate surface area is 99.1 Å². The SMILES string of the molecule is CCCCCC(C)(C)c1[c]ccc(C#N)c1. The second-order valence-corrected chi connectivity index (χ2v) is 4.94. The van der Waals surface area contributed by atoms with Crippen LogP contribution >= 0.6 is 0 Å². The summed E-state index contributed by atoms with van der Waals surface area (Å²) in [6.07, 6.45) is 4.93. The van der Waals surface area contributed by atoms with Gasteiger partial charge in [0.05, 0.1) is 11.6 Å². The molecule has 0 aliphatic carbocycles. The Morgan fingerprint density at radius 2 is 2.12 bits per heavy atom. The predicted octanol–water partition coefficient (Wildman–Crippen LogP) is 4.22. The average Bonchev–Trinajstić information content (AvgIpc) is 2.29. The fourth-order valence-electron chi connectivity index (χ4n) is 1.88. The molecular weight excluding hydrogens is 194 g/mol. The molecular formula is C15H20N. The Bertz CT molecular complexity index is 371. The van der Waals surface area contributed by atoms with Gasteiger partial charge in [-0.25, -0.2) is 0 Å². The van der Waals surface area contributed by atoms with Crippen LogP contribution in [0.15, 0.2) is 18.2 Å². The van der Waals surface area contributed by atoms with Crippen LogP contribution in [0.2, 0.25) is 0 Å². The van der Waals surface area contributed by atoms with Crippen LogP contribution in [0.1, 0.15) is 57.6 Å². The zero-order chi connectivity index (χ0) is 12.0. The van der Waals surface area contributed by atoms with Crippen molar-refractivity contribution in [2.75, 3.05) is 0 Å². The monoisotopic (exact) mass is 214 g/mol. The van der Waals surface area contributed by atoms with Crippen molar-refractivity contribution < 1.29 is 0 Å². The van der Waals surface area contributed by atoms with Gasteiger partial charge in [-0.3, -0.25) is 0 Å². The molecule has 1 heteroatoms. The summed E-state index contributed by atoms with van der Waals surface area (Å²) in [6.45, 7) is 6.68. The van der Waals surface area contributed by atoms with Crippen LogP contribution in [0.3, 0.4) is 0 Å². The zero-order valence-corrected chi connectivity index (χ0v) is 10.5. The molecule has 0 saturated heterocycles. The standard InChI is InChI=1S/C15H20N/c1-4-5-6-10-15(2,3)14-9-7-8-13(11-14)12-16/h7-8,11H,4-6,10H2,1-3H3. The van der Waals surface area contributed by atoms with E-state index in [2.05, 4.69) is 32.9 Å². The van der Waals surface area contributed by atoms with Gasteiger partial charge in [-0.05, 0) is 35.6 Å². The number of hydrogen-bond acceptors (Lipinski definition) is 1. The molecule has 0 bridgehead atoms. The largest absolute Gasteiger partial charge is 0.192 e. The van der Waals surface area contributed by atoms with Crippen molar-refractivity contribution in [3.8, 4) is 6.07 Å². The van der Waals surface area contributed by atoms with Crippen molar-refractivity contribution >= 4 is 0 Å². The second kappa shape index (κ2) is 5.70. The Morgan fingerprint density at radius 1 is 1.38 bits per heavy atom. The number of rotatable bonds is 5. The van der Waals surface area contributed by atoms with Gasteiger partial charge in [0.2, 0.25) is 0 Å². The third kappa shape index (κ3) is 3.38. The molecule has 1 aromatic rings. The third-order valence-corrected chi connectivity index (χ3v) is 3.07. The van der Waals surface area contributed by atoms with E-state index in [-0.39, 0.29) is 5.41 Å². The maximum absolute atomic E-state index is 8.88. The Kier molecular flexibility index (Phi) is 4.55. The summed E-state index contributed by atoms with van der Waals surface area (Å²) in [6, 6.07) is 11.1. The summed E-state index contributed by atoms with van der Waals surface area (Å²) in [7, 11) is 0. The van der Waals surface area contributed by atoms with E-state index in [1.165, 1.54) is 19.3 Å². The quantitative estimate of drug-likeness (QED) is 0.673. The third-order valence-electron chi connectivity index (χ3n) is 3.07. The first-order valence-electron chi connectivity index (χ1n) is 6.02. The van der Waals surface area contributed by atoms with Crippen LogP contribution in [0.4, 0.5) is 0 Å². The van der Waals surface area contributed by atoms with Crippen LogP contribution < -0.4 is 0 Å². The molecule has 0 N–H and O–H groups in total. The van der Waals surface area contributed by atoms with Gasteiger partial charge in [0, 0.05) is 0 Å². The molecule has 1 radical (unpaired) electrons. The highest BCUT2D eigenvalue weighted by atomic mass is 14.3. The number of nitrogens with zero attached hydrogens (tertiary/aromatic N) is 1. The molecule has 0 aromatic heterocycles. The molecule has 0 saturated carbocycles. The second-order valence-electron chi connectivity index (χ2n) is 4.94. The minimum Gasteiger partial charge on any atom is -0.192 e. The van der Waals surface area contributed by atoms with Gasteiger partial charge >= 0.3 is 0 Å². The lowest BCUT2D eigenvalue weighted by molar-refractivity contribution is 0.449. The Morgan fingerprint density at radius 3 is 2.75 bits per heavy atom. The van der Waals surface area contributed by atoms with Crippen molar-refractivity contribution in [3.05, 3.63) is 35.4 Å². The minimum absolute atomic E-state index is 0.127. The summed E-state index contributed by atoms with van der Waals surface area (Å²) in [4.78, 5) is 0. The Hall–Kier alpha value is -1.29. The first-order chi connectivity index (χ1) is 7.60. The van der Waals surface area contributed by atoms with Crippen molar-refractivity contribution in [2.24, 2.45) is 0 Å². The molecule has 0 fully saturated rings. The fraction of sp³-hybridized carbons (Fsp3) is 0.533. The molecule has 1 nitrogen and oxygen atoms in total. The highest BCUT2D eigenvalue weighted by Gasteiger charge is 2.20. The molecule has 0 atom stereocenters. The van der Waals surface area contributed by atoms with E-state index in [0.717, 1.165) is 17.5 Å². The number of unbranched alkanes of at least 4 members (excludes halogenated alkanes) is 2. The smallest absolute Gasteiger partial charge is 0.0991 e. The molecule has 0 unspecified atom stereocenters. The van der Waals surface area contributed by atoms with Crippen LogP contribution in [0, 0.1) is 17.4 Å². The Balaban J connectivity index is 2.77. The van der Waals surface area contributed by atoms with E-state index in [9.17, 15) is 0 Å². The number of benzene rings is 1. The van der Waals surface area contributed by atoms with Gasteiger partial charge in [-0.1, -0.05) is 46.1 Å². The van der Waals surface area contributed by atoms with Crippen LogP contribution in [-0.4, -0.2) is 0 Å². The van der Waals surface area contributed by atoms with Gasteiger partial charge in [-0.15, -0.1) is 0 Å². The van der Waals surface area contributed by atoms with E-state index in [1.807, 2.05) is 18.2 Å². The summed E-state index contributed by atoms with van der Waals surface area (Å²) in [5.41, 5.74) is 2.02. The van der Waals surface area contributed by atoms with Gasteiger partial charge in [-0.2, -0.15) is 5.26 Å². The fourth-order valence-corrected chi connectivity index (χ4v) is 1.88. The molecule has 85 valence electrons. The van der Waals surface area contributed by atoms with E-state index in [1.54, 1.807) is 0 Å². The average molecular weight is 214 g/mol. The number of nitriles is 1. The lowest BCUT2D eigenvalue weighted by Crippen LogP contribution is -2.17. The molecule has 0 spiro atoms. The highest BCUT2D eigenvalue weighted by molar-refractivity contribution is 5.35. The lowest BCUT2D eigenvalue weighted by atomic mass is 9.79. The van der Waals surface area contributed by atoms with Crippen molar-refractivity contribution in [1.82, 2.24) is 0 Å². The maximum Gasteiger partial charge on any atom is 0.0991 e. The van der Waals surface area contributed by atoms with Gasteiger partial charge in [0.1, 0.15) is 0 Å². The van der Waals surface area contributed by atoms with Gasteiger partial charge in [0.15, 0.2) is 0 Å². The molecule has 1 rings (SSSR count). The molecule has 16 heavy (non-hydrogen) atoms. The van der Waals surface area contributed by atoms with Crippen molar-refractivity contribution in [1.29, 1.82) is 5.26 Å². The maximum atomic E-state index is 8.88. The van der Waals surface area contributed by atoms with Crippen molar-refractivity contribution in [3.63, 3.8) is 0 Å². The number of hydrogen-bond donors (Lipinski definition) is 0. The summed E-state index contributed by atoms with van der Waals surface area (Å²) in [5.74, 6) is 0.